The average Bonchev–Trinajstić information content (AvgIpc) is 2.58. The van der Waals surface area contributed by atoms with Gasteiger partial charge in [0.2, 0.25) is 0 Å². The first-order valence-electron chi connectivity index (χ1n) is 6.76. The van der Waals surface area contributed by atoms with E-state index < -0.39 is 8.07 Å². The number of allylic oxidation sites excluding steroid dienone is 4. The van der Waals surface area contributed by atoms with E-state index in [4.69, 9.17) is 0 Å². The fourth-order valence-electron chi connectivity index (χ4n) is 3.07. The molecule has 0 N–H and O–H groups in total. The Balaban J connectivity index is 2.46. The molecule has 0 aliphatic heterocycles. The third-order valence-corrected chi connectivity index (χ3v) is 8.33. The molecule has 96 valence electrons. The van der Waals surface area contributed by atoms with Gasteiger partial charge >= 0.3 is 0 Å². The lowest BCUT2D eigenvalue weighted by Gasteiger charge is -2.31. The van der Waals surface area contributed by atoms with E-state index in [1.807, 2.05) is 0 Å². The largest absolute Gasteiger partial charge is 0.0915 e. The van der Waals surface area contributed by atoms with Crippen molar-refractivity contribution in [3.05, 3.63) is 52.6 Å². The Labute approximate surface area is 112 Å². The third kappa shape index (κ3) is 2.24. The molecule has 18 heavy (non-hydrogen) atoms. The molecule has 1 aliphatic carbocycles. The molecular weight excluding hydrogens is 232 g/mol. The number of rotatable bonds is 2. The van der Waals surface area contributed by atoms with Gasteiger partial charge in [-0.3, -0.25) is 0 Å². The Morgan fingerprint density at radius 1 is 0.889 bits per heavy atom. The predicted molar refractivity (Wildman–Crippen MR) is 84.3 cm³/mol. The van der Waals surface area contributed by atoms with Crippen LogP contribution in [-0.4, -0.2) is 8.07 Å². The second-order valence-corrected chi connectivity index (χ2v) is 10.9. The maximum atomic E-state index is 2.50. The molecular formula is C17H24Si. The van der Waals surface area contributed by atoms with Crippen molar-refractivity contribution in [3.63, 3.8) is 0 Å². The summed E-state index contributed by atoms with van der Waals surface area (Å²) in [6.07, 6.45) is 4.73. The van der Waals surface area contributed by atoms with Gasteiger partial charge in [0.05, 0.1) is 8.07 Å². The van der Waals surface area contributed by atoms with Gasteiger partial charge in [-0.05, 0) is 33.2 Å². The van der Waals surface area contributed by atoms with E-state index in [1.165, 1.54) is 16.7 Å². The minimum absolute atomic E-state index is 0.665. The third-order valence-electron chi connectivity index (χ3n) is 4.37. The molecule has 0 spiro atoms. The normalized spacial score (nSPS) is 19.8. The molecule has 1 aliphatic rings. The van der Waals surface area contributed by atoms with Crippen LogP contribution in [0.15, 0.2) is 41.5 Å². The maximum absolute atomic E-state index is 2.50. The van der Waals surface area contributed by atoms with Gasteiger partial charge in [-0.25, -0.2) is 0 Å². The lowest BCUT2D eigenvalue weighted by molar-refractivity contribution is 1.15. The highest BCUT2D eigenvalue weighted by molar-refractivity contribution is 6.92. The van der Waals surface area contributed by atoms with Crippen LogP contribution in [0, 0.1) is 13.8 Å². The summed E-state index contributed by atoms with van der Waals surface area (Å²) < 4.78 is 0. The Kier molecular flexibility index (Phi) is 3.37. The molecule has 0 saturated carbocycles. The first-order chi connectivity index (χ1) is 8.32. The molecule has 0 fully saturated rings. The van der Waals surface area contributed by atoms with Gasteiger partial charge in [-0.1, -0.05) is 70.9 Å². The highest BCUT2D eigenvalue weighted by atomic mass is 28.3. The van der Waals surface area contributed by atoms with Gasteiger partial charge in [0.1, 0.15) is 0 Å². The fraction of sp³-hybridized carbons (Fsp3) is 0.412. The van der Waals surface area contributed by atoms with Crippen molar-refractivity contribution in [1.82, 2.24) is 0 Å². The molecule has 0 saturated heterocycles. The van der Waals surface area contributed by atoms with Gasteiger partial charge in [0.15, 0.2) is 0 Å². The summed E-state index contributed by atoms with van der Waals surface area (Å²) in [5, 5.41) is 1.59. The molecule has 0 amide bonds. The molecule has 1 aromatic carbocycles. The van der Waals surface area contributed by atoms with E-state index in [-0.39, 0.29) is 0 Å². The summed E-state index contributed by atoms with van der Waals surface area (Å²) in [6.45, 7) is 13.9. The van der Waals surface area contributed by atoms with Crippen molar-refractivity contribution in [2.24, 2.45) is 0 Å². The lowest BCUT2D eigenvalue weighted by Crippen LogP contribution is -2.45. The zero-order chi connectivity index (χ0) is 13.5. The van der Waals surface area contributed by atoms with Crippen molar-refractivity contribution >= 4 is 13.3 Å². The van der Waals surface area contributed by atoms with Crippen LogP contribution in [0.3, 0.4) is 0 Å². The minimum Gasteiger partial charge on any atom is -0.0794 e. The summed E-state index contributed by atoms with van der Waals surface area (Å²) in [5.74, 6) is 0. The van der Waals surface area contributed by atoms with Gasteiger partial charge in [0, 0.05) is 0 Å². The summed E-state index contributed by atoms with van der Waals surface area (Å²) >= 11 is 0. The SMILES string of the molecule is CC1=C(C)C([Si](C)(C)c2cc(C)cc(C)c2)C=C1. The number of hydrogen-bond donors (Lipinski definition) is 0. The standard InChI is InChI=1S/C17H24Si/c1-12-9-13(2)11-16(10-12)18(5,6)17-8-7-14(3)15(17)4/h7-11,17H,1-6H3. The Bertz CT molecular complexity index is 512. The molecule has 0 heterocycles. The van der Waals surface area contributed by atoms with Crippen molar-refractivity contribution < 1.29 is 0 Å². The molecule has 1 atom stereocenters. The Morgan fingerprint density at radius 3 is 1.89 bits per heavy atom. The molecule has 1 heteroatoms. The quantitative estimate of drug-likeness (QED) is 0.684. The summed E-state index contributed by atoms with van der Waals surface area (Å²) in [5.41, 5.74) is 6.49. The van der Waals surface area contributed by atoms with Crippen molar-refractivity contribution in [1.29, 1.82) is 0 Å². The van der Waals surface area contributed by atoms with E-state index in [0.717, 1.165) is 0 Å². The monoisotopic (exact) mass is 256 g/mol. The van der Waals surface area contributed by atoms with Crippen LogP contribution in [0.5, 0.6) is 0 Å². The first-order valence-corrected chi connectivity index (χ1v) is 9.84. The molecule has 0 bridgehead atoms. The zero-order valence-corrected chi connectivity index (χ0v) is 13.5. The van der Waals surface area contributed by atoms with Gasteiger partial charge in [-0.2, -0.15) is 0 Å². The second kappa shape index (κ2) is 4.54. The molecule has 1 aromatic rings. The van der Waals surface area contributed by atoms with Crippen LogP contribution >= 0.6 is 0 Å². The van der Waals surface area contributed by atoms with Crippen molar-refractivity contribution in [2.45, 2.75) is 46.3 Å². The van der Waals surface area contributed by atoms with Crippen LogP contribution in [0.2, 0.25) is 18.6 Å². The lowest BCUT2D eigenvalue weighted by atomic mass is 10.2. The van der Waals surface area contributed by atoms with Crippen LogP contribution < -0.4 is 5.19 Å². The first kappa shape index (κ1) is 13.4. The van der Waals surface area contributed by atoms with Gasteiger partial charge in [-0.15, -0.1) is 0 Å². The van der Waals surface area contributed by atoms with E-state index in [2.05, 4.69) is 71.1 Å². The molecule has 1 unspecified atom stereocenters. The zero-order valence-electron chi connectivity index (χ0n) is 12.5. The number of hydrogen-bond acceptors (Lipinski definition) is 0. The van der Waals surface area contributed by atoms with Crippen LogP contribution in [0.1, 0.15) is 25.0 Å². The van der Waals surface area contributed by atoms with E-state index in [9.17, 15) is 0 Å². The maximum Gasteiger partial charge on any atom is 0.0915 e. The van der Waals surface area contributed by atoms with Crippen LogP contribution in [0.25, 0.3) is 0 Å². The highest BCUT2D eigenvalue weighted by Crippen LogP contribution is 2.37. The van der Waals surface area contributed by atoms with Crippen LogP contribution in [0.4, 0.5) is 0 Å². The molecule has 2 rings (SSSR count). The summed E-state index contributed by atoms with van der Waals surface area (Å²) in [7, 11) is -1.46. The van der Waals surface area contributed by atoms with E-state index in [0.29, 0.717) is 5.54 Å². The average molecular weight is 256 g/mol. The molecule has 0 radical (unpaired) electrons. The molecule has 0 nitrogen and oxygen atoms in total. The minimum atomic E-state index is -1.46. The van der Waals surface area contributed by atoms with E-state index >= 15 is 0 Å². The molecule has 0 aromatic heterocycles. The van der Waals surface area contributed by atoms with Crippen molar-refractivity contribution in [2.75, 3.05) is 0 Å². The number of aryl methyl sites for hydroxylation is 2. The Hall–Kier alpha value is -1.08. The summed E-state index contributed by atoms with van der Waals surface area (Å²) in [6, 6.07) is 7.06. The number of benzene rings is 1. The van der Waals surface area contributed by atoms with Crippen molar-refractivity contribution in [3.8, 4) is 0 Å². The second-order valence-electron chi connectivity index (χ2n) is 6.30. The Morgan fingerprint density at radius 2 is 1.44 bits per heavy atom. The van der Waals surface area contributed by atoms with Gasteiger partial charge in [0.25, 0.3) is 0 Å². The fourth-order valence-corrected chi connectivity index (χ4v) is 6.52. The highest BCUT2D eigenvalue weighted by Gasteiger charge is 2.35. The topological polar surface area (TPSA) is 0 Å². The van der Waals surface area contributed by atoms with Gasteiger partial charge < -0.3 is 0 Å². The summed E-state index contributed by atoms with van der Waals surface area (Å²) in [4.78, 5) is 0. The predicted octanol–water partition coefficient (Wildman–Crippen LogP) is 4.50. The van der Waals surface area contributed by atoms with Crippen LogP contribution in [-0.2, 0) is 0 Å². The van der Waals surface area contributed by atoms with E-state index in [1.54, 1.807) is 10.8 Å². The smallest absolute Gasteiger partial charge is 0.0794 e.